The molecule has 4 heterocycles. The zero-order valence-electron chi connectivity index (χ0n) is 18.7. The maximum atomic E-state index is 13.2. The highest BCUT2D eigenvalue weighted by Gasteiger charge is 2.42. The second-order valence-corrected chi connectivity index (χ2v) is 9.08. The highest BCUT2D eigenvalue weighted by molar-refractivity contribution is 5.79. The Kier molecular flexibility index (Phi) is 5.72. The first-order valence-electron chi connectivity index (χ1n) is 11.3. The lowest BCUT2D eigenvalue weighted by molar-refractivity contribution is -0.182. The Labute approximate surface area is 190 Å². The van der Waals surface area contributed by atoms with Crippen molar-refractivity contribution >= 4 is 17.0 Å². The van der Waals surface area contributed by atoms with Crippen molar-refractivity contribution in [3.05, 3.63) is 41.5 Å². The van der Waals surface area contributed by atoms with Gasteiger partial charge in [-0.15, -0.1) is 0 Å². The third-order valence-electron chi connectivity index (χ3n) is 6.74. The van der Waals surface area contributed by atoms with Crippen molar-refractivity contribution in [3.63, 3.8) is 0 Å². The van der Waals surface area contributed by atoms with Gasteiger partial charge < -0.3 is 9.64 Å². The molecule has 0 N–H and O–H groups in total. The average Bonchev–Trinajstić information content (AvgIpc) is 3.24. The lowest BCUT2D eigenvalue weighted by atomic mass is 9.79. The molecule has 1 saturated heterocycles. The normalized spacial score (nSPS) is 24.4. The molecule has 1 saturated carbocycles. The van der Waals surface area contributed by atoms with Crippen LogP contribution in [0.1, 0.15) is 54.7 Å². The fraction of sp³-hybridized carbons (Fsp3) is 0.565. The summed E-state index contributed by atoms with van der Waals surface area (Å²) in [4.78, 5) is 16.4. The van der Waals surface area contributed by atoms with Crippen LogP contribution in [0.4, 0.5) is 19.1 Å². The van der Waals surface area contributed by atoms with Crippen molar-refractivity contribution in [2.24, 2.45) is 13.0 Å². The first kappa shape index (κ1) is 22.1. The van der Waals surface area contributed by atoms with E-state index in [0.717, 1.165) is 22.3 Å². The van der Waals surface area contributed by atoms with Gasteiger partial charge >= 0.3 is 6.18 Å². The monoisotopic (exact) mass is 460 g/mol. The number of fused-ring (bicyclic) bond motifs is 1. The lowest BCUT2D eigenvalue weighted by Crippen LogP contribution is -2.39. The summed E-state index contributed by atoms with van der Waals surface area (Å²) in [5, 5.41) is 5.07. The van der Waals surface area contributed by atoms with Crippen LogP contribution in [0.5, 0.6) is 0 Å². The molecule has 1 aliphatic heterocycles. The quantitative estimate of drug-likeness (QED) is 0.574. The van der Waals surface area contributed by atoms with Gasteiger partial charge in [0.1, 0.15) is 6.10 Å². The zero-order chi connectivity index (χ0) is 23.2. The second-order valence-electron chi connectivity index (χ2n) is 9.08. The summed E-state index contributed by atoms with van der Waals surface area (Å²) in [7, 11) is 1.87. The lowest BCUT2D eigenvalue weighted by Gasteiger charge is -2.34. The number of hydrogen-bond acceptors (Lipinski definition) is 6. The number of aryl methyl sites for hydroxylation is 2. The Bertz CT molecular complexity index is 1140. The van der Waals surface area contributed by atoms with Gasteiger partial charge in [0, 0.05) is 42.4 Å². The number of morpholine rings is 1. The molecule has 0 radical (unpaired) electrons. The number of alkyl halides is 3. The van der Waals surface area contributed by atoms with Gasteiger partial charge in [-0.2, -0.15) is 23.3 Å². The Morgan fingerprint density at radius 1 is 1.06 bits per heavy atom. The number of rotatable bonds is 3. The molecule has 10 heteroatoms. The average molecular weight is 461 g/mol. The van der Waals surface area contributed by atoms with Gasteiger partial charge in [-0.05, 0) is 44.7 Å². The third kappa shape index (κ3) is 4.53. The van der Waals surface area contributed by atoms with Crippen LogP contribution in [0.3, 0.4) is 0 Å². The van der Waals surface area contributed by atoms with Gasteiger partial charge in [0.05, 0.1) is 31.0 Å². The van der Waals surface area contributed by atoms with Gasteiger partial charge in [0.2, 0.25) is 5.95 Å². The van der Waals surface area contributed by atoms with E-state index >= 15 is 0 Å². The standard InChI is InChI=1S/C23H27F3N6O/c1-14-3-8-18-20(15-4-6-17(7-5-15)23(24,25)26)29-22(30-21(18)28-14)32-9-10-33-19(13-32)16-11-27-31(2)12-16/h3,8,11-12,15,17,19H,4-7,9-10,13H2,1-2H3/t15?,17?,19-/m0/s1. The Hall–Kier alpha value is -2.75. The van der Waals surface area contributed by atoms with E-state index in [-0.39, 0.29) is 24.9 Å². The van der Waals surface area contributed by atoms with Crippen molar-refractivity contribution in [3.8, 4) is 0 Å². The fourth-order valence-electron chi connectivity index (χ4n) is 4.90. The number of aromatic nitrogens is 5. The van der Waals surface area contributed by atoms with Gasteiger partial charge in [-0.25, -0.2) is 9.97 Å². The van der Waals surface area contributed by atoms with Gasteiger partial charge in [-0.3, -0.25) is 4.68 Å². The molecule has 3 aromatic heterocycles. The minimum atomic E-state index is -4.13. The van der Waals surface area contributed by atoms with E-state index in [0.29, 0.717) is 44.1 Å². The number of pyridine rings is 1. The smallest absolute Gasteiger partial charge is 0.370 e. The number of nitrogens with zero attached hydrogens (tertiary/aromatic N) is 6. The van der Waals surface area contributed by atoms with E-state index in [1.54, 1.807) is 10.9 Å². The Morgan fingerprint density at radius 3 is 2.55 bits per heavy atom. The molecule has 2 aliphatic rings. The number of halogens is 3. The molecule has 0 unspecified atom stereocenters. The van der Waals surface area contributed by atoms with Crippen LogP contribution in [-0.4, -0.2) is 50.6 Å². The summed E-state index contributed by atoms with van der Waals surface area (Å²) in [5.74, 6) is -0.695. The van der Waals surface area contributed by atoms with Crippen LogP contribution in [0.25, 0.3) is 11.0 Å². The van der Waals surface area contributed by atoms with Crippen molar-refractivity contribution < 1.29 is 17.9 Å². The molecule has 3 aromatic rings. The van der Waals surface area contributed by atoms with Crippen molar-refractivity contribution in [1.82, 2.24) is 24.7 Å². The number of hydrogen-bond donors (Lipinski definition) is 0. The van der Waals surface area contributed by atoms with Crippen molar-refractivity contribution in [2.45, 2.75) is 50.8 Å². The molecule has 7 nitrogen and oxygen atoms in total. The maximum Gasteiger partial charge on any atom is 0.391 e. The molecule has 0 spiro atoms. The van der Waals surface area contributed by atoms with Crippen LogP contribution in [0, 0.1) is 12.8 Å². The minimum absolute atomic E-state index is 0.0347. The van der Waals surface area contributed by atoms with Crippen LogP contribution in [0.2, 0.25) is 0 Å². The molecule has 1 atom stereocenters. The summed E-state index contributed by atoms with van der Waals surface area (Å²) < 4.78 is 47.3. The van der Waals surface area contributed by atoms with E-state index in [1.165, 1.54) is 0 Å². The topological polar surface area (TPSA) is 69.0 Å². The van der Waals surface area contributed by atoms with E-state index in [1.807, 2.05) is 32.3 Å². The largest absolute Gasteiger partial charge is 0.391 e. The van der Waals surface area contributed by atoms with Gasteiger partial charge in [0.15, 0.2) is 5.65 Å². The van der Waals surface area contributed by atoms with Crippen LogP contribution in [-0.2, 0) is 11.8 Å². The van der Waals surface area contributed by atoms with Crippen LogP contribution >= 0.6 is 0 Å². The van der Waals surface area contributed by atoms with E-state index < -0.39 is 12.1 Å². The molecule has 0 aromatic carbocycles. The summed E-state index contributed by atoms with van der Waals surface area (Å²) >= 11 is 0. The first-order valence-corrected chi connectivity index (χ1v) is 11.3. The van der Waals surface area contributed by atoms with Crippen molar-refractivity contribution in [1.29, 1.82) is 0 Å². The predicted molar refractivity (Wildman–Crippen MR) is 117 cm³/mol. The second kappa shape index (κ2) is 8.55. The third-order valence-corrected chi connectivity index (χ3v) is 6.74. The molecule has 0 amide bonds. The molecule has 2 fully saturated rings. The summed E-state index contributed by atoms with van der Waals surface area (Å²) in [6.45, 7) is 3.63. The highest BCUT2D eigenvalue weighted by Crippen LogP contribution is 2.44. The highest BCUT2D eigenvalue weighted by atomic mass is 19.4. The summed E-state index contributed by atoms with van der Waals surface area (Å²) in [6.07, 6.45) is 0.649. The van der Waals surface area contributed by atoms with Crippen molar-refractivity contribution in [2.75, 3.05) is 24.6 Å². The summed E-state index contributed by atoms with van der Waals surface area (Å²) in [6, 6.07) is 3.85. The Balaban J connectivity index is 1.46. The van der Waals surface area contributed by atoms with E-state index in [2.05, 4.69) is 15.0 Å². The summed E-state index contributed by atoms with van der Waals surface area (Å²) in [5.41, 5.74) is 3.24. The molecule has 1 aliphatic carbocycles. The van der Waals surface area contributed by atoms with E-state index in [9.17, 15) is 13.2 Å². The van der Waals surface area contributed by atoms with Gasteiger partial charge in [0.25, 0.3) is 0 Å². The first-order chi connectivity index (χ1) is 15.8. The SMILES string of the molecule is Cc1ccc2c(C3CCC(C(F)(F)F)CC3)nc(N3CCO[C@H](c4cnn(C)c4)C3)nc2n1. The van der Waals surface area contributed by atoms with Gasteiger partial charge in [-0.1, -0.05) is 0 Å². The molecule has 33 heavy (non-hydrogen) atoms. The van der Waals surface area contributed by atoms with Crippen LogP contribution in [0.15, 0.2) is 24.5 Å². The predicted octanol–water partition coefficient (Wildman–Crippen LogP) is 4.48. The minimum Gasteiger partial charge on any atom is -0.370 e. The molecular weight excluding hydrogens is 433 g/mol. The fourth-order valence-corrected chi connectivity index (χ4v) is 4.90. The molecular formula is C23H27F3N6O. The van der Waals surface area contributed by atoms with Crippen LogP contribution < -0.4 is 4.90 Å². The number of ether oxygens (including phenoxy) is 1. The maximum absolute atomic E-state index is 13.2. The zero-order valence-corrected chi connectivity index (χ0v) is 18.7. The number of anilines is 1. The van der Waals surface area contributed by atoms with E-state index in [4.69, 9.17) is 14.7 Å². The molecule has 0 bridgehead atoms. The molecule has 176 valence electrons. The molecule has 5 rings (SSSR count). The Morgan fingerprint density at radius 2 is 1.85 bits per heavy atom.